The molecule has 0 radical (unpaired) electrons. The van der Waals surface area contributed by atoms with Crippen molar-refractivity contribution in [3.63, 3.8) is 0 Å². The molecule has 0 unspecified atom stereocenters. The Morgan fingerprint density at radius 2 is 0.769 bits per heavy atom. The van der Waals surface area contributed by atoms with E-state index in [-0.39, 0.29) is 0 Å². The molecule has 0 spiro atoms. The summed E-state index contributed by atoms with van der Waals surface area (Å²) >= 11 is 0. The zero-order valence-corrected chi connectivity index (χ0v) is 17.6. The van der Waals surface area contributed by atoms with Crippen LogP contribution in [0.3, 0.4) is 0 Å². The molecule has 2 nitrogen and oxygen atoms in total. The van der Waals surface area contributed by atoms with Crippen LogP contribution < -0.4 is 0 Å². The van der Waals surface area contributed by atoms with Gasteiger partial charge in [-0.3, -0.25) is 0 Å². The van der Waals surface area contributed by atoms with Crippen LogP contribution in [0.25, 0.3) is 0 Å². The molecule has 2 aliphatic heterocycles. The van der Waals surface area contributed by atoms with Crippen molar-refractivity contribution in [1.29, 1.82) is 0 Å². The van der Waals surface area contributed by atoms with Crippen LogP contribution >= 0.6 is 0 Å². The van der Waals surface area contributed by atoms with E-state index in [2.05, 4.69) is 16.7 Å². The molecule has 150 valence electrons. The number of nitrogens with zero attached hydrogens (tertiary/aromatic N) is 2. The maximum atomic E-state index is 2.83. The Morgan fingerprint density at radius 3 is 1.15 bits per heavy atom. The Labute approximate surface area is 163 Å². The van der Waals surface area contributed by atoms with Crippen molar-refractivity contribution in [3.05, 3.63) is 11.4 Å². The number of rotatable bonds is 0. The zero-order chi connectivity index (χ0) is 18.0. The highest BCUT2D eigenvalue weighted by Crippen LogP contribution is 2.36. The molecule has 1 fully saturated rings. The Hall–Kier alpha value is -0.660. The van der Waals surface area contributed by atoms with Gasteiger partial charge in [0.1, 0.15) is 0 Å². The third-order valence-electron chi connectivity index (χ3n) is 7.05. The molecule has 2 bridgehead atoms. The van der Waals surface area contributed by atoms with Gasteiger partial charge in [-0.25, -0.2) is 0 Å². The number of hydrogen-bond acceptors (Lipinski definition) is 2. The molecule has 1 saturated heterocycles. The average molecular weight is 361 g/mol. The summed E-state index contributed by atoms with van der Waals surface area (Å²) in [5, 5.41) is 0. The van der Waals surface area contributed by atoms with Gasteiger partial charge in [0, 0.05) is 24.5 Å². The van der Waals surface area contributed by atoms with Gasteiger partial charge in [0.05, 0.1) is 6.17 Å². The van der Waals surface area contributed by atoms with Crippen molar-refractivity contribution in [1.82, 2.24) is 9.80 Å². The van der Waals surface area contributed by atoms with Crippen molar-refractivity contribution in [2.24, 2.45) is 0 Å². The summed E-state index contributed by atoms with van der Waals surface area (Å²) in [5.74, 6) is 0. The van der Waals surface area contributed by atoms with Crippen LogP contribution in [0.2, 0.25) is 0 Å². The third kappa shape index (κ3) is 5.67. The normalized spacial score (nSPS) is 26.2. The minimum Gasteiger partial charge on any atom is -0.353 e. The molecule has 1 aliphatic carbocycles. The molecular weight excluding hydrogens is 316 g/mol. The number of hydrogen-bond donors (Lipinski definition) is 0. The minimum absolute atomic E-state index is 0.617. The van der Waals surface area contributed by atoms with Crippen LogP contribution in [-0.2, 0) is 0 Å². The summed E-state index contributed by atoms with van der Waals surface area (Å²) in [7, 11) is 0. The lowest BCUT2D eigenvalue weighted by molar-refractivity contribution is 0.146. The highest BCUT2D eigenvalue weighted by Gasteiger charge is 2.33. The van der Waals surface area contributed by atoms with Crippen LogP contribution in [0.5, 0.6) is 0 Å². The first-order valence-electron chi connectivity index (χ1n) is 12.1. The number of fused-ring (bicyclic) bond motifs is 4. The van der Waals surface area contributed by atoms with Crippen LogP contribution in [0.15, 0.2) is 11.4 Å². The smallest absolute Gasteiger partial charge is 0.0982 e. The molecule has 26 heavy (non-hydrogen) atoms. The fourth-order valence-corrected chi connectivity index (χ4v) is 5.44. The molecular formula is C24H44N2. The van der Waals surface area contributed by atoms with Gasteiger partial charge in [-0.05, 0) is 45.4 Å². The largest absolute Gasteiger partial charge is 0.353 e. The first kappa shape index (κ1) is 20.1. The Balaban J connectivity index is 1.75. The molecule has 0 saturated carbocycles. The molecule has 0 N–H and O–H groups in total. The predicted octanol–water partition coefficient (Wildman–Crippen LogP) is 7.21. The second-order valence-corrected chi connectivity index (χ2v) is 9.07. The molecule has 2 heterocycles. The first-order chi connectivity index (χ1) is 12.9. The lowest BCUT2D eigenvalue weighted by Gasteiger charge is -2.33. The maximum Gasteiger partial charge on any atom is 0.0982 e. The van der Waals surface area contributed by atoms with E-state index >= 15 is 0 Å². The van der Waals surface area contributed by atoms with E-state index in [1.165, 1.54) is 129 Å². The van der Waals surface area contributed by atoms with Gasteiger partial charge in [0.2, 0.25) is 0 Å². The van der Waals surface area contributed by atoms with E-state index in [9.17, 15) is 0 Å². The van der Waals surface area contributed by atoms with Gasteiger partial charge in [0.15, 0.2) is 0 Å². The van der Waals surface area contributed by atoms with Crippen LogP contribution in [0.1, 0.15) is 122 Å². The van der Waals surface area contributed by atoms with E-state index in [0.717, 1.165) is 0 Å². The molecule has 3 rings (SSSR count). The molecule has 3 aliphatic rings. The van der Waals surface area contributed by atoms with Gasteiger partial charge in [-0.1, -0.05) is 77.0 Å². The number of allylic oxidation sites excluding steroid dienone is 2. The Bertz CT molecular complexity index is 390. The van der Waals surface area contributed by atoms with E-state index in [1.807, 2.05) is 0 Å². The van der Waals surface area contributed by atoms with Gasteiger partial charge in [-0.15, -0.1) is 0 Å². The van der Waals surface area contributed by atoms with E-state index in [0.29, 0.717) is 6.17 Å². The van der Waals surface area contributed by atoms with E-state index in [4.69, 9.17) is 0 Å². The molecule has 0 aromatic rings. The highest BCUT2D eigenvalue weighted by atomic mass is 15.4. The highest BCUT2D eigenvalue weighted by molar-refractivity contribution is 5.20. The van der Waals surface area contributed by atoms with Gasteiger partial charge in [-0.2, -0.15) is 0 Å². The Kier molecular flexibility index (Phi) is 8.69. The lowest BCUT2D eigenvalue weighted by atomic mass is 10.0. The molecule has 0 amide bonds. The first-order valence-corrected chi connectivity index (χ1v) is 12.1. The van der Waals surface area contributed by atoms with Crippen LogP contribution in [0.4, 0.5) is 0 Å². The van der Waals surface area contributed by atoms with Crippen molar-refractivity contribution < 1.29 is 0 Å². The fraction of sp³-hybridized carbons (Fsp3) is 0.917. The molecule has 0 aromatic carbocycles. The fourth-order valence-electron chi connectivity index (χ4n) is 5.44. The third-order valence-corrected chi connectivity index (χ3v) is 7.05. The quantitative estimate of drug-likeness (QED) is 0.450. The van der Waals surface area contributed by atoms with Crippen molar-refractivity contribution in [3.8, 4) is 0 Å². The van der Waals surface area contributed by atoms with Crippen LogP contribution in [-0.4, -0.2) is 29.1 Å². The van der Waals surface area contributed by atoms with Crippen LogP contribution in [0, 0.1) is 0 Å². The topological polar surface area (TPSA) is 6.48 Å². The SMILES string of the molecule is CC1N2CCCCCCCCCCN1C1=C2CCCCCCCCCC1. The predicted molar refractivity (Wildman–Crippen MR) is 113 cm³/mol. The lowest BCUT2D eigenvalue weighted by Crippen LogP contribution is -2.39. The molecule has 2 heteroatoms. The standard InChI is InChI=1S/C24H44N2/c1-22-25-20-16-12-8-4-5-9-13-17-21-26(22)24-19-15-11-7-3-2-6-10-14-18-23(24)25/h22H,2-21H2,1H3. The summed E-state index contributed by atoms with van der Waals surface area (Å²) in [5.41, 5.74) is 3.52. The second kappa shape index (κ2) is 11.2. The van der Waals surface area contributed by atoms with Crippen molar-refractivity contribution in [2.75, 3.05) is 13.1 Å². The Morgan fingerprint density at radius 1 is 0.462 bits per heavy atom. The molecule has 0 aromatic heterocycles. The maximum absolute atomic E-state index is 2.83. The van der Waals surface area contributed by atoms with E-state index in [1.54, 1.807) is 11.4 Å². The zero-order valence-electron chi connectivity index (χ0n) is 17.6. The summed E-state index contributed by atoms with van der Waals surface area (Å²) in [6.07, 6.45) is 26.4. The van der Waals surface area contributed by atoms with Crippen molar-refractivity contribution in [2.45, 2.75) is 129 Å². The van der Waals surface area contributed by atoms with E-state index < -0.39 is 0 Å². The van der Waals surface area contributed by atoms with Gasteiger partial charge < -0.3 is 9.80 Å². The summed E-state index contributed by atoms with van der Waals surface area (Å²) in [6.45, 7) is 5.09. The summed E-state index contributed by atoms with van der Waals surface area (Å²) in [4.78, 5) is 5.66. The van der Waals surface area contributed by atoms with Gasteiger partial charge >= 0.3 is 0 Å². The second-order valence-electron chi connectivity index (χ2n) is 9.07. The monoisotopic (exact) mass is 360 g/mol. The minimum atomic E-state index is 0.617. The van der Waals surface area contributed by atoms with Crippen molar-refractivity contribution >= 4 is 0 Å². The average Bonchev–Trinajstić information content (AvgIpc) is 2.88. The summed E-state index contributed by atoms with van der Waals surface area (Å²) < 4.78 is 0. The molecule has 0 atom stereocenters. The van der Waals surface area contributed by atoms with Gasteiger partial charge in [0.25, 0.3) is 0 Å². The summed E-state index contributed by atoms with van der Waals surface area (Å²) in [6, 6.07) is 0.